The van der Waals surface area contributed by atoms with Crippen LogP contribution in [0.1, 0.15) is 48.9 Å². The largest absolute Gasteiger partial charge is 0.698 e. The first-order chi connectivity index (χ1) is 13.0. The minimum atomic E-state index is -4.31. The summed E-state index contributed by atoms with van der Waals surface area (Å²) in [4.78, 5) is 0. The minimum absolute atomic E-state index is 0. The van der Waals surface area contributed by atoms with Gasteiger partial charge in [0.2, 0.25) is 0 Å². The molecule has 0 unspecified atom stereocenters. The van der Waals surface area contributed by atoms with Crippen LogP contribution in [0, 0.1) is 18.2 Å². The second kappa shape index (κ2) is 11.4. The number of hydrogen-bond acceptors (Lipinski definition) is 2. The van der Waals surface area contributed by atoms with Gasteiger partial charge in [-0.05, 0) is 60.7 Å². The van der Waals surface area contributed by atoms with Gasteiger partial charge in [-0.2, -0.15) is 13.2 Å². The van der Waals surface area contributed by atoms with E-state index in [1.165, 1.54) is 18.2 Å². The van der Waals surface area contributed by atoms with Crippen LogP contribution in [-0.2, 0) is 31.7 Å². The summed E-state index contributed by atoms with van der Waals surface area (Å²) in [6.07, 6.45) is -1.84. The number of benzene rings is 2. The molecule has 163 valence electrons. The van der Waals surface area contributed by atoms with Crippen LogP contribution in [0.15, 0.2) is 36.4 Å². The molecule has 0 aliphatic carbocycles. The summed E-state index contributed by atoms with van der Waals surface area (Å²) in [7, 11) is 0. The quantitative estimate of drug-likeness (QED) is 0.301. The van der Waals surface area contributed by atoms with Gasteiger partial charge in [0, 0.05) is 31.7 Å². The number of hydrogen-bond donors (Lipinski definition) is 2. The van der Waals surface area contributed by atoms with E-state index in [4.69, 9.17) is 11.1 Å². The Morgan fingerprint density at radius 2 is 1.52 bits per heavy atom. The molecule has 3 N–H and O–H groups in total. The average Bonchev–Trinajstić information content (AvgIpc) is 2.63. The van der Waals surface area contributed by atoms with E-state index in [2.05, 4.69) is 0 Å². The van der Waals surface area contributed by atoms with E-state index in [1.54, 1.807) is 6.92 Å². The van der Waals surface area contributed by atoms with Crippen molar-refractivity contribution in [3.63, 3.8) is 0 Å². The minimum Gasteiger partial charge on any atom is -0.698 e. The SMILES string of the molecule is CCC(CC)(CO)c1ccc(C(F)(F)F)cc1.Cc1cc(F)cc([NH-])c1C=N.[Ir]. The van der Waals surface area contributed by atoms with Crippen LogP contribution in [0.2, 0.25) is 0 Å². The molecule has 0 amide bonds. The topological polar surface area (TPSA) is 67.9 Å². The van der Waals surface area contributed by atoms with Crippen LogP contribution >= 0.6 is 0 Å². The van der Waals surface area contributed by atoms with Crippen molar-refractivity contribution >= 4 is 11.9 Å². The predicted octanol–water partition coefficient (Wildman–Crippen LogP) is 6.57. The molecule has 2 aromatic carbocycles. The Labute approximate surface area is 182 Å². The molecular formula is C21H25F4IrN2O-. The number of rotatable bonds is 5. The monoisotopic (exact) mass is 590 g/mol. The standard InChI is InChI=1S/C13H17F3O.C8H8FN2.Ir/c1-3-12(4-2,9-17)10-5-7-11(8-6-10)13(14,15)16;1-5-2-6(9)3-8(11)7(5)4-10;/h5-8,17H,3-4,9H2,1-2H3;2-4,10-11H,1H3;/q;-1;. The molecule has 0 fully saturated rings. The summed E-state index contributed by atoms with van der Waals surface area (Å²) < 4.78 is 49.8. The molecule has 0 heterocycles. The Kier molecular flexibility index (Phi) is 10.7. The van der Waals surface area contributed by atoms with Crippen LogP contribution in [0.25, 0.3) is 5.73 Å². The maximum atomic E-state index is 12.5. The predicted molar refractivity (Wildman–Crippen MR) is 104 cm³/mol. The number of nitrogens with one attached hydrogen (secondary N) is 2. The summed E-state index contributed by atoms with van der Waals surface area (Å²) in [5.41, 5.74) is 8.12. The zero-order valence-corrected chi connectivity index (χ0v) is 18.9. The molecule has 0 aliphatic heterocycles. The van der Waals surface area contributed by atoms with Gasteiger partial charge in [-0.3, -0.25) is 0 Å². The Morgan fingerprint density at radius 1 is 1.03 bits per heavy atom. The Morgan fingerprint density at radius 3 is 1.86 bits per heavy atom. The van der Waals surface area contributed by atoms with E-state index in [9.17, 15) is 22.7 Å². The molecule has 0 saturated carbocycles. The number of aryl methyl sites for hydroxylation is 1. The van der Waals surface area contributed by atoms with Crippen LogP contribution in [0.3, 0.4) is 0 Å². The van der Waals surface area contributed by atoms with Crippen molar-refractivity contribution in [2.45, 2.75) is 45.2 Å². The summed E-state index contributed by atoms with van der Waals surface area (Å²) in [5.74, 6) is -0.418. The van der Waals surface area contributed by atoms with Gasteiger partial charge in [0.15, 0.2) is 0 Å². The summed E-state index contributed by atoms with van der Waals surface area (Å²) in [6.45, 7) is 5.49. The normalized spacial score (nSPS) is 11.2. The maximum absolute atomic E-state index is 12.5. The van der Waals surface area contributed by atoms with Crippen molar-refractivity contribution in [3.05, 3.63) is 70.2 Å². The third kappa shape index (κ3) is 6.91. The van der Waals surface area contributed by atoms with Gasteiger partial charge in [0.1, 0.15) is 5.82 Å². The fraction of sp³-hybridized carbons (Fsp3) is 0.381. The molecule has 8 heteroatoms. The molecular weight excluding hydrogens is 564 g/mol. The van der Waals surface area contributed by atoms with Crippen molar-refractivity contribution in [2.24, 2.45) is 0 Å². The first kappa shape index (κ1) is 27.2. The fourth-order valence-electron chi connectivity index (χ4n) is 2.93. The van der Waals surface area contributed by atoms with Gasteiger partial charge < -0.3 is 16.2 Å². The number of aliphatic hydroxyl groups is 1. The van der Waals surface area contributed by atoms with Crippen molar-refractivity contribution in [3.8, 4) is 0 Å². The van der Waals surface area contributed by atoms with E-state index < -0.39 is 23.0 Å². The van der Waals surface area contributed by atoms with Crippen molar-refractivity contribution in [2.75, 3.05) is 6.61 Å². The molecule has 0 bridgehead atoms. The molecule has 0 saturated heterocycles. The van der Waals surface area contributed by atoms with E-state index >= 15 is 0 Å². The second-order valence-corrected chi connectivity index (χ2v) is 6.55. The van der Waals surface area contributed by atoms with Crippen LogP contribution < -0.4 is 0 Å². The van der Waals surface area contributed by atoms with E-state index in [1.807, 2.05) is 13.8 Å². The van der Waals surface area contributed by atoms with Gasteiger partial charge in [-0.15, -0.1) is 5.69 Å². The van der Waals surface area contributed by atoms with Gasteiger partial charge in [-0.1, -0.05) is 26.0 Å². The molecule has 0 aliphatic rings. The molecule has 2 rings (SSSR count). The van der Waals surface area contributed by atoms with E-state index in [0.717, 1.165) is 30.0 Å². The van der Waals surface area contributed by atoms with Gasteiger partial charge in [0.05, 0.1) is 12.2 Å². The average molecular weight is 590 g/mol. The van der Waals surface area contributed by atoms with Gasteiger partial charge >= 0.3 is 6.18 Å². The van der Waals surface area contributed by atoms with Crippen LogP contribution in [0.4, 0.5) is 23.2 Å². The first-order valence-electron chi connectivity index (χ1n) is 8.85. The van der Waals surface area contributed by atoms with E-state index in [0.29, 0.717) is 24.0 Å². The van der Waals surface area contributed by atoms with Crippen molar-refractivity contribution < 1.29 is 42.8 Å². The van der Waals surface area contributed by atoms with Crippen LogP contribution in [0.5, 0.6) is 0 Å². The molecule has 0 spiro atoms. The summed E-state index contributed by atoms with van der Waals surface area (Å²) in [6, 6.07) is 7.50. The summed E-state index contributed by atoms with van der Waals surface area (Å²) in [5, 5.41) is 16.4. The molecule has 29 heavy (non-hydrogen) atoms. The Balaban J connectivity index is 0.000000568. The number of alkyl halides is 3. The second-order valence-electron chi connectivity index (χ2n) is 6.55. The van der Waals surface area contributed by atoms with Crippen molar-refractivity contribution in [1.82, 2.24) is 0 Å². The third-order valence-electron chi connectivity index (χ3n) is 4.98. The molecule has 0 atom stereocenters. The first-order valence-corrected chi connectivity index (χ1v) is 8.85. The smallest absolute Gasteiger partial charge is 0.416 e. The number of aliphatic hydroxyl groups excluding tert-OH is 1. The van der Waals surface area contributed by atoms with E-state index in [-0.39, 0.29) is 32.4 Å². The van der Waals surface area contributed by atoms with Gasteiger partial charge in [-0.25, -0.2) is 4.39 Å². The molecule has 3 nitrogen and oxygen atoms in total. The third-order valence-corrected chi connectivity index (χ3v) is 4.98. The van der Waals surface area contributed by atoms with Gasteiger partial charge in [0.25, 0.3) is 0 Å². The Bertz CT molecular complexity index is 757. The zero-order chi connectivity index (χ0) is 21.5. The zero-order valence-electron chi connectivity index (χ0n) is 16.5. The molecule has 0 aromatic heterocycles. The fourth-order valence-corrected chi connectivity index (χ4v) is 2.93. The molecule has 2 aromatic rings. The molecule has 1 radical (unpaired) electrons. The maximum Gasteiger partial charge on any atom is 0.416 e. The summed E-state index contributed by atoms with van der Waals surface area (Å²) >= 11 is 0. The Hall–Kier alpha value is -1.76. The van der Waals surface area contributed by atoms with Crippen LogP contribution in [-0.4, -0.2) is 17.9 Å². The van der Waals surface area contributed by atoms with Crippen molar-refractivity contribution in [1.29, 1.82) is 5.41 Å². The number of halogens is 4.